The summed E-state index contributed by atoms with van der Waals surface area (Å²) in [7, 11) is 0. The van der Waals surface area contributed by atoms with Crippen molar-refractivity contribution in [2.24, 2.45) is 0 Å². The Hall–Kier alpha value is -4.03. The van der Waals surface area contributed by atoms with Crippen molar-refractivity contribution in [1.82, 2.24) is 5.32 Å². The molecule has 1 heterocycles. The maximum atomic E-state index is 13.6. The van der Waals surface area contributed by atoms with Gasteiger partial charge in [0.15, 0.2) is 0 Å². The van der Waals surface area contributed by atoms with Crippen molar-refractivity contribution < 1.29 is 14.4 Å². The van der Waals surface area contributed by atoms with E-state index >= 15 is 0 Å². The molecule has 1 aliphatic rings. The van der Waals surface area contributed by atoms with Gasteiger partial charge in [-0.05, 0) is 64.1 Å². The van der Waals surface area contributed by atoms with Gasteiger partial charge in [-0.15, -0.1) is 0 Å². The van der Waals surface area contributed by atoms with Crippen LogP contribution in [-0.4, -0.2) is 17.8 Å². The van der Waals surface area contributed by atoms with Gasteiger partial charge in [-0.1, -0.05) is 95.7 Å². The second-order valence-corrected chi connectivity index (χ2v) is 9.42. The zero-order valence-corrected chi connectivity index (χ0v) is 21.2. The van der Waals surface area contributed by atoms with E-state index in [9.17, 15) is 14.4 Å². The third-order valence-corrected chi connectivity index (χ3v) is 7.18. The predicted octanol–water partition coefficient (Wildman–Crippen LogP) is 6.42. The Morgan fingerprint density at radius 3 is 2.28 bits per heavy atom. The first-order valence-corrected chi connectivity index (χ1v) is 12.5. The number of nitrogens with one attached hydrogen (secondary N) is 1. The molecule has 1 aliphatic heterocycles. The molecule has 1 fully saturated rings. The second kappa shape index (κ2) is 9.91. The molecule has 1 N–H and O–H groups in total. The number of anilines is 1. The highest BCUT2D eigenvalue weighted by Crippen LogP contribution is 2.31. The smallest absolute Gasteiger partial charge is 0.273 e. The minimum Gasteiger partial charge on any atom is -0.273 e. The summed E-state index contributed by atoms with van der Waals surface area (Å²) in [6.07, 6.45) is 2.86. The van der Waals surface area contributed by atoms with Crippen LogP contribution < -0.4 is 10.2 Å². The number of halogens is 1. The van der Waals surface area contributed by atoms with Crippen LogP contribution in [0.2, 0.25) is 0 Å². The highest BCUT2D eigenvalue weighted by Gasteiger charge is 2.37. The zero-order valence-electron chi connectivity index (χ0n) is 19.6. The maximum Gasteiger partial charge on any atom is 0.335 e. The van der Waals surface area contributed by atoms with Crippen LogP contribution >= 0.6 is 15.9 Å². The lowest BCUT2D eigenvalue weighted by Gasteiger charge is -2.28. The third-order valence-electron chi connectivity index (χ3n) is 6.40. The standard InChI is InChI=1S/C30H23BrN2O3/c1-2-19-9-5-8-14-27(19)33-29(35)25(28(34)32-30(33)36)18-24-21(17-22-11-4-7-13-26(22)31)16-15-20-10-3-6-12-23(20)24/h3-16,18H,2,17H2,1H3,(H,32,34,36)/b25-18-. The first kappa shape index (κ1) is 23.7. The number of rotatable bonds is 5. The van der Waals surface area contributed by atoms with E-state index in [0.29, 0.717) is 18.5 Å². The lowest BCUT2D eigenvalue weighted by atomic mass is 9.92. The molecule has 0 aliphatic carbocycles. The average molecular weight is 539 g/mol. The SMILES string of the molecule is CCc1ccccc1N1C(=O)NC(=O)/C(=C/c2c(Cc3ccccc3Br)ccc3ccccc23)C1=O. The quantitative estimate of drug-likeness (QED) is 0.235. The molecule has 0 atom stereocenters. The van der Waals surface area contributed by atoms with Gasteiger partial charge in [0.2, 0.25) is 0 Å². The van der Waals surface area contributed by atoms with Crippen molar-refractivity contribution in [2.75, 3.05) is 4.90 Å². The van der Waals surface area contributed by atoms with Crippen molar-refractivity contribution in [1.29, 1.82) is 0 Å². The molecule has 178 valence electrons. The number of fused-ring (bicyclic) bond motifs is 1. The highest BCUT2D eigenvalue weighted by molar-refractivity contribution is 9.10. The number of aryl methyl sites for hydroxylation is 1. The number of hydrogen-bond acceptors (Lipinski definition) is 3. The van der Waals surface area contributed by atoms with Gasteiger partial charge in [0.1, 0.15) is 5.57 Å². The molecule has 1 saturated heterocycles. The number of benzene rings is 4. The Morgan fingerprint density at radius 2 is 1.50 bits per heavy atom. The number of amides is 4. The lowest BCUT2D eigenvalue weighted by molar-refractivity contribution is -0.122. The summed E-state index contributed by atoms with van der Waals surface area (Å²) in [4.78, 5) is 40.4. The van der Waals surface area contributed by atoms with Gasteiger partial charge in [-0.3, -0.25) is 14.9 Å². The fraction of sp³-hybridized carbons (Fsp3) is 0.100. The molecule has 36 heavy (non-hydrogen) atoms. The molecule has 5 rings (SSSR count). The van der Waals surface area contributed by atoms with Gasteiger partial charge >= 0.3 is 6.03 Å². The van der Waals surface area contributed by atoms with Crippen LogP contribution in [0.15, 0.2) is 95.0 Å². The van der Waals surface area contributed by atoms with E-state index in [1.165, 1.54) is 0 Å². The van der Waals surface area contributed by atoms with Crippen LogP contribution in [0.5, 0.6) is 0 Å². The van der Waals surface area contributed by atoms with Crippen molar-refractivity contribution in [2.45, 2.75) is 19.8 Å². The summed E-state index contributed by atoms with van der Waals surface area (Å²) >= 11 is 3.62. The topological polar surface area (TPSA) is 66.5 Å². The van der Waals surface area contributed by atoms with Gasteiger partial charge in [0.25, 0.3) is 11.8 Å². The fourth-order valence-electron chi connectivity index (χ4n) is 4.56. The number of hydrogen-bond donors (Lipinski definition) is 1. The van der Waals surface area contributed by atoms with E-state index < -0.39 is 17.8 Å². The molecular formula is C30H23BrN2O3. The van der Waals surface area contributed by atoms with E-state index in [1.54, 1.807) is 18.2 Å². The first-order chi connectivity index (χ1) is 17.5. The molecule has 0 radical (unpaired) electrons. The molecule has 0 aromatic heterocycles. The van der Waals surface area contributed by atoms with Crippen molar-refractivity contribution in [3.05, 3.63) is 117 Å². The Morgan fingerprint density at radius 1 is 0.806 bits per heavy atom. The van der Waals surface area contributed by atoms with Crippen molar-refractivity contribution >= 4 is 56.3 Å². The van der Waals surface area contributed by atoms with Gasteiger partial charge in [0.05, 0.1) is 5.69 Å². The van der Waals surface area contributed by atoms with Gasteiger partial charge in [0, 0.05) is 4.47 Å². The van der Waals surface area contributed by atoms with E-state index in [1.807, 2.05) is 79.7 Å². The number of imide groups is 2. The summed E-state index contributed by atoms with van der Waals surface area (Å²) in [6, 6.07) is 26.4. The van der Waals surface area contributed by atoms with Crippen LogP contribution in [0.4, 0.5) is 10.5 Å². The molecular weight excluding hydrogens is 516 g/mol. The Balaban J connectivity index is 1.66. The summed E-state index contributed by atoms with van der Waals surface area (Å²) in [5.41, 5.74) is 4.07. The zero-order chi connectivity index (χ0) is 25.2. The summed E-state index contributed by atoms with van der Waals surface area (Å²) in [6.45, 7) is 1.96. The summed E-state index contributed by atoms with van der Waals surface area (Å²) < 4.78 is 0.983. The van der Waals surface area contributed by atoms with Crippen molar-refractivity contribution in [3.8, 4) is 0 Å². The first-order valence-electron chi connectivity index (χ1n) is 11.7. The summed E-state index contributed by atoms with van der Waals surface area (Å²) in [5, 5.41) is 4.28. The number of para-hydroxylation sites is 1. The molecule has 6 heteroatoms. The molecule has 0 saturated carbocycles. The molecule has 0 bridgehead atoms. The third kappa shape index (κ3) is 4.36. The molecule has 4 amide bonds. The van der Waals surface area contributed by atoms with Gasteiger partial charge in [-0.25, -0.2) is 9.69 Å². The normalized spacial score (nSPS) is 15.0. The van der Waals surface area contributed by atoms with Crippen LogP contribution in [0, 0.1) is 0 Å². The predicted molar refractivity (Wildman–Crippen MR) is 146 cm³/mol. The number of barbiturate groups is 1. The molecule has 0 spiro atoms. The molecule has 4 aromatic rings. The number of carbonyl (C=O) groups excluding carboxylic acids is 3. The molecule has 4 aromatic carbocycles. The van der Waals surface area contributed by atoms with E-state index in [0.717, 1.165) is 42.4 Å². The van der Waals surface area contributed by atoms with Gasteiger partial charge in [-0.2, -0.15) is 0 Å². The van der Waals surface area contributed by atoms with E-state index in [2.05, 4.69) is 21.2 Å². The number of nitrogens with zero attached hydrogens (tertiary/aromatic N) is 1. The lowest BCUT2D eigenvalue weighted by Crippen LogP contribution is -2.54. The van der Waals surface area contributed by atoms with Crippen LogP contribution in [-0.2, 0) is 22.4 Å². The minimum absolute atomic E-state index is 0.0785. The molecule has 0 unspecified atom stereocenters. The van der Waals surface area contributed by atoms with Crippen molar-refractivity contribution in [3.63, 3.8) is 0 Å². The minimum atomic E-state index is -0.741. The van der Waals surface area contributed by atoms with Crippen LogP contribution in [0.3, 0.4) is 0 Å². The van der Waals surface area contributed by atoms with E-state index in [-0.39, 0.29) is 5.57 Å². The number of urea groups is 1. The Labute approximate surface area is 217 Å². The monoisotopic (exact) mass is 538 g/mol. The largest absolute Gasteiger partial charge is 0.335 e. The van der Waals surface area contributed by atoms with E-state index in [4.69, 9.17) is 0 Å². The summed E-state index contributed by atoms with van der Waals surface area (Å²) in [5.74, 6) is -1.33. The molecule has 5 nitrogen and oxygen atoms in total. The van der Waals surface area contributed by atoms with Crippen LogP contribution in [0.25, 0.3) is 16.8 Å². The number of carbonyl (C=O) groups is 3. The Kier molecular flexibility index (Phi) is 6.53. The van der Waals surface area contributed by atoms with Crippen LogP contribution in [0.1, 0.15) is 29.2 Å². The fourth-order valence-corrected chi connectivity index (χ4v) is 4.99. The van der Waals surface area contributed by atoms with Gasteiger partial charge < -0.3 is 0 Å². The highest BCUT2D eigenvalue weighted by atomic mass is 79.9. The Bertz CT molecular complexity index is 1560. The average Bonchev–Trinajstić information content (AvgIpc) is 2.88. The second-order valence-electron chi connectivity index (χ2n) is 8.57. The maximum absolute atomic E-state index is 13.6.